The summed E-state index contributed by atoms with van der Waals surface area (Å²) < 4.78 is 18.1. The van der Waals surface area contributed by atoms with Gasteiger partial charge in [0.2, 0.25) is 6.29 Å². The zero-order valence-corrected chi connectivity index (χ0v) is 13.4. The summed E-state index contributed by atoms with van der Waals surface area (Å²) in [5.41, 5.74) is 2.39. The lowest BCUT2D eigenvalue weighted by atomic mass is 9.85. The molecule has 3 aromatic carbocycles. The normalized spacial score (nSPS) is 24.5. The number of benzene rings is 3. The van der Waals surface area contributed by atoms with Gasteiger partial charge in [0, 0.05) is 28.7 Å². The van der Waals surface area contributed by atoms with Gasteiger partial charge in [0.1, 0.15) is 11.5 Å². The van der Waals surface area contributed by atoms with Crippen LogP contribution in [0, 0.1) is 0 Å². The van der Waals surface area contributed by atoms with E-state index in [1.54, 1.807) is 7.11 Å². The topological polar surface area (TPSA) is 27.7 Å². The Balaban J connectivity index is 1.71. The molecule has 24 heavy (non-hydrogen) atoms. The molecule has 2 aliphatic heterocycles. The Labute approximate surface area is 140 Å². The van der Waals surface area contributed by atoms with Crippen molar-refractivity contribution in [2.45, 2.75) is 24.7 Å². The van der Waals surface area contributed by atoms with Crippen LogP contribution in [0.2, 0.25) is 0 Å². The summed E-state index contributed by atoms with van der Waals surface area (Å²) in [5.74, 6) is 2.14. The van der Waals surface area contributed by atoms with Gasteiger partial charge in [0.05, 0.1) is 13.2 Å². The molecule has 1 fully saturated rings. The largest absolute Gasteiger partial charge is 0.496 e. The van der Waals surface area contributed by atoms with E-state index in [1.807, 2.05) is 18.2 Å². The van der Waals surface area contributed by atoms with E-state index >= 15 is 0 Å². The molecule has 3 aromatic rings. The molecule has 1 saturated heterocycles. The monoisotopic (exact) mass is 318 g/mol. The summed E-state index contributed by atoms with van der Waals surface area (Å²) in [6.07, 6.45) is 0.737. The van der Waals surface area contributed by atoms with Gasteiger partial charge in [0.15, 0.2) is 0 Å². The summed E-state index contributed by atoms with van der Waals surface area (Å²) in [4.78, 5) is 0. The molecule has 0 aromatic heterocycles. The smallest absolute Gasteiger partial charge is 0.201 e. The maximum Gasteiger partial charge on any atom is 0.201 e. The Morgan fingerprint density at radius 1 is 0.958 bits per heavy atom. The standard InChI is InChI=1S/C21H18O3/c1-22-18-11-16-17-12-19(23-20(17)13-7-3-2-4-8-13)24-21(16)15-10-6-5-9-14(15)18/h2-11,17,19-20H,12H2,1H3/t17-,19-,20+/m0/s1. The SMILES string of the molecule is COc1cc2c(c3ccccc13)O[C@H]1C[C@@H]2[C@@H](c2ccccc2)O1. The molecule has 3 heteroatoms. The first-order valence-corrected chi connectivity index (χ1v) is 8.32. The molecule has 3 atom stereocenters. The average molecular weight is 318 g/mol. The summed E-state index contributed by atoms with van der Waals surface area (Å²) in [6, 6.07) is 20.8. The molecule has 120 valence electrons. The first kappa shape index (κ1) is 13.9. The van der Waals surface area contributed by atoms with Crippen LogP contribution in [-0.4, -0.2) is 13.4 Å². The zero-order chi connectivity index (χ0) is 16.1. The highest BCUT2D eigenvalue weighted by molar-refractivity contribution is 5.95. The van der Waals surface area contributed by atoms with Crippen molar-refractivity contribution in [3.63, 3.8) is 0 Å². The maximum atomic E-state index is 6.21. The minimum atomic E-state index is -0.176. The lowest BCUT2D eigenvalue weighted by Crippen LogP contribution is -2.19. The minimum Gasteiger partial charge on any atom is -0.496 e. The van der Waals surface area contributed by atoms with Crippen molar-refractivity contribution >= 4 is 10.8 Å². The molecule has 2 aliphatic rings. The van der Waals surface area contributed by atoms with Gasteiger partial charge in [-0.15, -0.1) is 0 Å². The molecule has 2 bridgehead atoms. The number of ether oxygens (including phenoxy) is 3. The fourth-order valence-corrected chi connectivity index (χ4v) is 4.01. The van der Waals surface area contributed by atoms with Crippen LogP contribution in [-0.2, 0) is 4.74 Å². The summed E-state index contributed by atoms with van der Waals surface area (Å²) in [5, 5.41) is 2.18. The van der Waals surface area contributed by atoms with Crippen LogP contribution in [0.1, 0.15) is 29.6 Å². The van der Waals surface area contributed by atoms with Crippen molar-refractivity contribution in [2.75, 3.05) is 7.11 Å². The van der Waals surface area contributed by atoms with Crippen LogP contribution >= 0.6 is 0 Å². The third-order valence-electron chi connectivity index (χ3n) is 5.09. The number of rotatable bonds is 2. The molecular formula is C21H18O3. The number of hydrogen-bond acceptors (Lipinski definition) is 3. The minimum absolute atomic E-state index is 0.0309. The third-order valence-corrected chi connectivity index (χ3v) is 5.09. The molecule has 0 N–H and O–H groups in total. The van der Waals surface area contributed by atoms with E-state index in [4.69, 9.17) is 14.2 Å². The lowest BCUT2D eigenvalue weighted by Gasteiger charge is -2.25. The van der Waals surface area contributed by atoms with Crippen LogP contribution in [0.5, 0.6) is 11.5 Å². The summed E-state index contributed by atoms with van der Waals surface area (Å²) >= 11 is 0. The second-order valence-electron chi connectivity index (χ2n) is 6.40. The Morgan fingerprint density at radius 3 is 2.50 bits per heavy atom. The first-order valence-electron chi connectivity index (χ1n) is 8.32. The Morgan fingerprint density at radius 2 is 1.71 bits per heavy atom. The van der Waals surface area contributed by atoms with Crippen LogP contribution in [0.15, 0.2) is 60.7 Å². The molecule has 0 amide bonds. The van der Waals surface area contributed by atoms with Crippen molar-refractivity contribution in [2.24, 2.45) is 0 Å². The van der Waals surface area contributed by atoms with Crippen LogP contribution in [0.3, 0.4) is 0 Å². The van der Waals surface area contributed by atoms with E-state index < -0.39 is 0 Å². The van der Waals surface area contributed by atoms with Gasteiger partial charge >= 0.3 is 0 Å². The quantitative estimate of drug-likeness (QED) is 0.678. The average Bonchev–Trinajstić information content (AvgIpc) is 3.00. The number of hydrogen-bond donors (Lipinski definition) is 0. The number of methoxy groups -OCH3 is 1. The van der Waals surface area contributed by atoms with E-state index in [9.17, 15) is 0 Å². The molecule has 0 radical (unpaired) electrons. The van der Waals surface area contributed by atoms with Crippen molar-refractivity contribution in [3.8, 4) is 11.5 Å². The molecular weight excluding hydrogens is 300 g/mol. The Bertz CT molecular complexity index is 904. The zero-order valence-electron chi connectivity index (χ0n) is 13.4. The van der Waals surface area contributed by atoms with E-state index in [0.717, 1.165) is 28.7 Å². The van der Waals surface area contributed by atoms with Crippen LogP contribution < -0.4 is 9.47 Å². The molecule has 5 rings (SSSR count). The van der Waals surface area contributed by atoms with E-state index in [0.29, 0.717) is 5.92 Å². The van der Waals surface area contributed by atoms with E-state index in [2.05, 4.69) is 42.5 Å². The van der Waals surface area contributed by atoms with Crippen LogP contribution in [0.4, 0.5) is 0 Å². The van der Waals surface area contributed by atoms with E-state index in [1.165, 1.54) is 11.1 Å². The van der Waals surface area contributed by atoms with Crippen molar-refractivity contribution in [1.29, 1.82) is 0 Å². The maximum absolute atomic E-state index is 6.21. The second-order valence-corrected chi connectivity index (χ2v) is 6.40. The van der Waals surface area contributed by atoms with Gasteiger partial charge in [-0.2, -0.15) is 0 Å². The van der Waals surface area contributed by atoms with Crippen molar-refractivity contribution < 1.29 is 14.2 Å². The van der Waals surface area contributed by atoms with Gasteiger partial charge < -0.3 is 14.2 Å². The van der Waals surface area contributed by atoms with Gasteiger partial charge in [-0.25, -0.2) is 0 Å². The fourth-order valence-electron chi connectivity index (χ4n) is 4.01. The predicted octanol–water partition coefficient (Wildman–Crippen LogP) is 4.81. The molecule has 3 nitrogen and oxygen atoms in total. The van der Waals surface area contributed by atoms with Gasteiger partial charge in [-0.3, -0.25) is 0 Å². The Kier molecular flexibility index (Phi) is 3.03. The third kappa shape index (κ3) is 1.95. The lowest BCUT2D eigenvalue weighted by molar-refractivity contribution is -0.0703. The van der Waals surface area contributed by atoms with E-state index in [-0.39, 0.29) is 12.4 Å². The highest BCUT2D eigenvalue weighted by Crippen LogP contribution is 2.54. The molecule has 0 aliphatic carbocycles. The van der Waals surface area contributed by atoms with Crippen molar-refractivity contribution in [1.82, 2.24) is 0 Å². The Hall–Kier alpha value is -2.52. The summed E-state index contributed by atoms with van der Waals surface area (Å²) in [6.45, 7) is 0. The van der Waals surface area contributed by atoms with Gasteiger partial charge in [0.25, 0.3) is 0 Å². The molecule has 0 spiro atoms. The highest BCUT2D eigenvalue weighted by atomic mass is 16.7. The molecule has 0 unspecified atom stereocenters. The fraction of sp³-hybridized carbons (Fsp3) is 0.238. The predicted molar refractivity (Wildman–Crippen MR) is 92.5 cm³/mol. The second kappa shape index (κ2) is 5.25. The summed E-state index contributed by atoms with van der Waals surface area (Å²) in [7, 11) is 1.72. The highest BCUT2D eigenvalue weighted by Gasteiger charge is 2.44. The molecule has 2 heterocycles. The van der Waals surface area contributed by atoms with Crippen LogP contribution in [0.25, 0.3) is 10.8 Å². The molecule has 0 saturated carbocycles. The first-order chi connectivity index (χ1) is 11.8. The van der Waals surface area contributed by atoms with Gasteiger partial charge in [-0.1, -0.05) is 54.6 Å². The van der Waals surface area contributed by atoms with Crippen molar-refractivity contribution in [3.05, 3.63) is 71.8 Å². The number of fused-ring (bicyclic) bond motifs is 6. The van der Waals surface area contributed by atoms with Gasteiger partial charge in [-0.05, 0) is 11.6 Å².